The molecule has 1 aliphatic rings. The van der Waals surface area contributed by atoms with Gasteiger partial charge in [-0.3, -0.25) is 0 Å². The van der Waals surface area contributed by atoms with E-state index < -0.39 is 0 Å². The average Bonchev–Trinajstić information content (AvgIpc) is 2.75. The van der Waals surface area contributed by atoms with Gasteiger partial charge in [0.1, 0.15) is 12.2 Å². The van der Waals surface area contributed by atoms with E-state index in [0.29, 0.717) is 6.04 Å². The predicted octanol–water partition coefficient (Wildman–Crippen LogP) is 1.55. The number of hydrogen-bond acceptors (Lipinski definition) is 3. The minimum atomic E-state index is 0.653. The van der Waals surface area contributed by atoms with E-state index in [2.05, 4.69) is 20.1 Å². The topological polar surface area (TPSA) is 42.7 Å². The fraction of sp³-hybridized carbons (Fsp3) is 0.818. The van der Waals surface area contributed by atoms with Crippen LogP contribution in [-0.4, -0.2) is 28.4 Å². The van der Waals surface area contributed by atoms with Crippen LogP contribution < -0.4 is 5.32 Å². The van der Waals surface area contributed by atoms with E-state index in [4.69, 9.17) is 0 Å². The van der Waals surface area contributed by atoms with E-state index in [1.54, 1.807) is 0 Å². The van der Waals surface area contributed by atoms with Crippen LogP contribution >= 0.6 is 0 Å². The Labute approximate surface area is 91.1 Å². The van der Waals surface area contributed by atoms with Crippen LogP contribution in [0.2, 0.25) is 0 Å². The molecule has 0 saturated heterocycles. The van der Waals surface area contributed by atoms with E-state index in [1.165, 1.54) is 32.1 Å². The molecular formula is C11H20N4. The Balaban J connectivity index is 2.02. The van der Waals surface area contributed by atoms with E-state index >= 15 is 0 Å². The van der Waals surface area contributed by atoms with Gasteiger partial charge in [0.25, 0.3) is 0 Å². The maximum absolute atomic E-state index is 4.20. The molecule has 0 atom stereocenters. The fourth-order valence-corrected chi connectivity index (χ4v) is 2.35. The molecule has 0 bridgehead atoms. The monoisotopic (exact) mass is 208 g/mol. The molecule has 1 aliphatic carbocycles. The Bertz CT molecular complexity index is 289. The van der Waals surface area contributed by atoms with Gasteiger partial charge < -0.3 is 9.88 Å². The molecule has 0 amide bonds. The highest BCUT2D eigenvalue weighted by atomic mass is 15.3. The first kappa shape index (κ1) is 10.6. The van der Waals surface area contributed by atoms with Crippen molar-refractivity contribution >= 4 is 0 Å². The van der Waals surface area contributed by atoms with Crippen LogP contribution in [0, 0.1) is 0 Å². The molecule has 1 aromatic rings. The molecule has 1 aromatic heterocycles. The van der Waals surface area contributed by atoms with Gasteiger partial charge in [-0.25, -0.2) is 0 Å². The first-order valence-electron chi connectivity index (χ1n) is 5.95. The fourth-order valence-electron chi connectivity index (χ4n) is 2.35. The van der Waals surface area contributed by atoms with E-state index in [9.17, 15) is 0 Å². The summed E-state index contributed by atoms with van der Waals surface area (Å²) >= 11 is 0. The molecule has 0 aromatic carbocycles. The zero-order valence-corrected chi connectivity index (χ0v) is 9.45. The van der Waals surface area contributed by atoms with Crippen LogP contribution in [-0.2, 0) is 6.42 Å². The van der Waals surface area contributed by atoms with Gasteiger partial charge in [-0.15, -0.1) is 10.2 Å². The maximum Gasteiger partial charge on any atom is 0.134 e. The van der Waals surface area contributed by atoms with Gasteiger partial charge in [-0.05, 0) is 19.9 Å². The number of likely N-dealkylation sites (N-methyl/N-ethyl adjacent to an activating group) is 1. The van der Waals surface area contributed by atoms with Crippen molar-refractivity contribution in [2.24, 2.45) is 0 Å². The summed E-state index contributed by atoms with van der Waals surface area (Å²) in [6.45, 7) is 0.978. The summed E-state index contributed by atoms with van der Waals surface area (Å²) in [4.78, 5) is 0. The highest BCUT2D eigenvalue weighted by Crippen LogP contribution is 2.28. The van der Waals surface area contributed by atoms with E-state index in [0.717, 1.165) is 18.8 Å². The second kappa shape index (κ2) is 5.26. The second-order valence-corrected chi connectivity index (χ2v) is 4.30. The summed E-state index contributed by atoms with van der Waals surface area (Å²) in [6.07, 6.45) is 9.58. The molecule has 4 nitrogen and oxygen atoms in total. The van der Waals surface area contributed by atoms with Crippen molar-refractivity contribution in [3.63, 3.8) is 0 Å². The lowest BCUT2D eigenvalue weighted by molar-refractivity contribution is 0.345. The number of hydrogen-bond donors (Lipinski definition) is 1. The Morgan fingerprint density at radius 1 is 1.40 bits per heavy atom. The van der Waals surface area contributed by atoms with Gasteiger partial charge in [0.05, 0.1) is 0 Å². The minimum absolute atomic E-state index is 0.653. The zero-order chi connectivity index (χ0) is 10.5. The molecule has 1 saturated carbocycles. The largest absolute Gasteiger partial charge is 0.319 e. The van der Waals surface area contributed by atoms with Crippen molar-refractivity contribution in [1.29, 1.82) is 0 Å². The molecule has 0 unspecified atom stereocenters. The van der Waals surface area contributed by atoms with Crippen LogP contribution in [0.4, 0.5) is 0 Å². The quantitative estimate of drug-likeness (QED) is 0.816. The maximum atomic E-state index is 4.20. The smallest absolute Gasteiger partial charge is 0.134 e. The Morgan fingerprint density at radius 2 is 2.20 bits per heavy atom. The molecular weight excluding hydrogens is 188 g/mol. The van der Waals surface area contributed by atoms with Gasteiger partial charge >= 0.3 is 0 Å². The second-order valence-electron chi connectivity index (χ2n) is 4.30. The molecule has 84 valence electrons. The molecule has 0 aliphatic heterocycles. The molecule has 1 heterocycles. The van der Waals surface area contributed by atoms with Crippen LogP contribution in [0.5, 0.6) is 0 Å². The predicted molar refractivity (Wildman–Crippen MR) is 59.8 cm³/mol. The zero-order valence-electron chi connectivity index (χ0n) is 9.45. The highest BCUT2D eigenvalue weighted by molar-refractivity contribution is 4.91. The lowest BCUT2D eigenvalue weighted by atomic mass is 9.95. The van der Waals surface area contributed by atoms with Crippen LogP contribution in [0.15, 0.2) is 6.33 Å². The third kappa shape index (κ3) is 2.56. The Hall–Kier alpha value is -0.900. The number of nitrogens with one attached hydrogen (secondary N) is 1. The first-order chi connectivity index (χ1) is 7.42. The van der Waals surface area contributed by atoms with Crippen molar-refractivity contribution in [3.8, 4) is 0 Å². The van der Waals surface area contributed by atoms with Crippen molar-refractivity contribution in [1.82, 2.24) is 20.1 Å². The SMILES string of the molecule is CNCCc1nncn1C1CCCCC1. The van der Waals surface area contributed by atoms with Crippen molar-refractivity contribution in [3.05, 3.63) is 12.2 Å². The molecule has 1 N–H and O–H groups in total. The van der Waals surface area contributed by atoms with E-state index in [1.807, 2.05) is 13.4 Å². The van der Waals surface area contributed by atoms with Crippen molar-refractivity contribution in [2.45, 2.75) is 44.6 Å². The Morgan fingerprint density at radius 3 is 2.93 bits per heavy atom. The van der Waals surface area contributed by atoms with Gasteiger partial charge in [-0.2, -0.15) is 0 Å². The standard InChI is InChI=1S/C11H20N4/c1-12-8-7-11-14-13-9-15(11)10-5-3-2-4-6-10/h9-10,12H,2-8H2,1H3. The summed E-state index contributed by atoms with van der Waals surface area (Å²) in [5.41, 5.74) is 0. The molecule has 2 rings (SSSR count). The third-order valence-electron chi connectivity index (χ3n) is 3.21. The van der Waals surface area contributed by atoms with Gasteiger partial charge in [0.15, 0.2) is 0 Å². The normalized spacial score (nSPS) is 18.2. The van der Waals surface area contributed by atoms with Crippen LogP contribution in [0.1, 0.15) is 44.0 Å². The summed E-state index contributed by atoms with van der Waals surface area (Å²) in [5, 5.41) is 11.4. The van der Waals surface area contributed by atoms with Gasteiger partial charge in [0, 0.05) is 19.0 Å². The summed E-state index contributed by atoms with van der Waals surface area (Å²) < 4.78 is 2.29. The molecule has 0 spiro atoms. The van der Waals surface area contributed by atoms with Gasteiger partial charge in [-0.1, -0.05) is 19.3 Å². The number of rotatable bonds is 4. The van der Waals surface area contributed by atoms with Crippen molar-refractivity contribution < 1.29 is 0 Å². The Kier molecular flexibility index (Phi) is 3.72. The summed E-state index contributed by atoms with van der Waals surface area (Å²) in [7, 11) is 1.97. The molecule has 1 fully saturated rings. The third-order valence-corrected chi connectivity index (χ3v) is 3.21. The lowest BCUT2D eigenvalue weighted by Gasteiger charge is -2.23. The summed E-state index contributed by atoms with van der Waals surface area (Å²) in [6, 6.07) is 0.653. The lowest BCUT2D eigenvalue weighted by Crippen LogP contribution is -2.18. The van der Waals surface area contributed by atoms with Crippen molar-refractivity contribution in [2.75, 3.05) is 13.6 Å². The van der Waals surface area contributed by atoms with Crippen LogP contribution in [0.25, 0.3) is 0 Å². The van der Waals surface area contributed by atoms with Gasteiger partial charge in [0.2, 0.25) is 0 Å². The highest BCUT2D eigenvalue weighted by Gasteiger charge is 2.17. The minimum Gasteiger partial charge on any atom is -0.319 e. The molecule has 0 radical (unpaired) electrons. The van der Waals surface area contributed by atoms with Crippen LogP contribution in [0.3, 0.4) is 0 Å². The molecule has 15 heavy (non-hydrogen) atoms. The average molecular weight is 208 g/mol. The van der Waals surface area contributed by atoms with E-state index in [-0.39, 0.29) is 0 Å². The molecule has 4 heteroatoms. The first-order valence-corrected chi connectivity index (χ1v) is 5.95. The summed E-state index contributed by atoms with van der Waals surface area (Å²) in [5.74, 6) is 1.14. The number of aromatic nitrogens is 3. The number of nitrogens with zero attached hydrogens (tertiary/aromatic N) is 3.